The van der Waals surface area contributed by atoms with Gasteiger partial charge in [0.1, 0.15) is 0 Å². The summed E-state index contributed by atoms with van der Waals surface area (Å²) < 4.78 is 2.22. The van der Waals surface area contributed by atoms with Crippen LogP contribution in [0, 0.1) is 0 Å². The van der Waals surface area contributed by atoms with Gasteiger partial charge < -0.3 is 11.5 Å². The van der Waals surface area contributed by atoms with E-state index in [2.05, 4.69) is 56.1 Å². The number of hydrogen-bond acceptors (Lipinski definition) is 2. The van der Waals surface area contributed by atoms with Crippen LogP contribution in [0.25, 0.3) is 0 Å². The summed E-state index contributed by atoms with van der Waals surface area (Å²) in [5, 5.41) is 0. The fourth-order valence-corrected chi connectivity index (χ4v) is 5.38. The first-order valence-corrected chi connectivity index (χ1v) is 8.76. The molecule has 0 radical (unpaired) electrons. The Bertz CT molecular complexity index is 747. The molecule has 0 saturated heterocycles. The molecular weight excluding hydrogens is 392 g/mol. The molecule has 0 amide bonds. The SMILES string of the molecule is Nc1cc2cc(Br)c1C1(N)CCc3cc(Br)c(c1c3)CC2. The number of halogens is 2. The maximum atomic E-state index is 6.92. The molecule has 4 N–H and O–H groups in total. The third-order valence-corrected chi connectivity index (χ3v) is 6.17. The predicted molar refractivity (Wildman–Crippen MR) is 93.4 cm³/mol. The van der Waals surface area contributed by atoms with Crippen molar-refractivity contribution < 1.29 is 0 Å². The summed E-state index contributed by atoms with van der Waals surface area (Å²) in [6.45, 7) is 0. The molecule has 0 spiro atoms. The predicted octanol–water partition coefficient (Wildman–Crippen LogP) is 4.04. The smallest absolute Gasteiger partial charge is 0.0703 e. The minimum absolute atomic E-state index is 0.502. The molecule has 0 aliphatic heterocycles. The molecule has 1 unspecified atom stereocenters. The molecule has 5 rings (SSSR count). The highest BCUT2D eigenvalue weighted by Gasteiger charge is 2.39. The largest absolute Gasteiger partial charge is 0.398 e. The Labute approximate surface area is 141 Å². The van der Waals surface area contributed by atoms with Gasteiger partial charge in [-0.3, -0.25) is 0 Å². The Morgan fingerprint density at radius 2 is 1.62 bits per heavy atom. The van der Waals surface area contributed by atoms with Gasteiger partial charge in [-0.15, -0.1) is 0 Å². The molecule has 2 nitrogen and oxygen atoms in total. The molecular formula is C17H16Br2N2. The van der Waals surface area contributed by atoms with E-state index in [-0.39, 0.29) is 0 Å². The van der Waals surface area contributed by atoms with Crippen LogP contribution >= 0.6 is 31.9 Å². The minimum atomic E-state index is -0.502. The summed E-state index contributed by atoms with van der Waals surface area (Å²) in [5.41, 5.74) is 19.8. The van der Waals surface area contributed by atoms with Crippen LogP contribution in [0.1, 0.15) is 34.2 Å². The summed E-state index contributed by atoms with van der Waals surface area (Å²) in [4.78, 5) is 0. The molecule has 4 bridgehead atoms. The van der Waals surface area contributed by atoms with Crippen LogP contribution in [0.3, 0.4) is 0 Å². The lowest BCUT2D eigenvalue weighted by atomic mass is 9.73. The monoisotopic (exact) mass is 406 g/mol. The van der Waals surface area contributed by atoms with Crippen LogP contribution in [0.15, 0.2) is 33.2 Å². The third kappa shape index (κ3) is 1.92. The highest BCUT2D eigenvalue weighted by atomic mass is 79.9. The van der Waals surface area contributed by atoms with Gasteiger partial charge >= 0.3 is 0 Å². The van der Waals surface area contributed by atoms with Crippen molar-refractivity contribution in [2.45, 2.75) is 31.2 Å². The van der Waals surface area contributed by atoms with Crippen molar-refractivity contribution in [1.82, 2.24) is 0 Å². The van der Waals surface area contributed by atoms with Gasteiger partial charge in [-0.05, 0) is 66.1 Å². The number of benzene rings is 2. The number of aryl methyl sites for hydroxylation is 2. The van der Waals surface area contributed by atoms with Crippen LogP contribution in [-0.2, 0) is 24.8 Å². The Hall–Kier alpha value is -0.840. The zero-order valence-electron chi connectivity index (χ0n) is 11.5. The Morgan fingerprint density at radius 1 is 0.905 bits per heavy atom. The molecule has 3 aliphatic rings. The Kier molecular flexibility index (Phi) is 3.01. The topological polar surface area (TPSA) is 52.0 Å². The number of anilines is 1. The van der Waals surface area contributed by atoms with Crippen molar-refractivity contribution in [3.8, 4) is 0 Å². The molecule has 108 valence electrons. The van der Waals surface area contributed by atoms with Gasteiger partial charge in [0.25, 0.3) is 0 Å². The lowest BCUT2D eigenvalue weighted by Gasteiger charge is -2.38. The van der Waals surface area contributed by atoms with E-state index in [0.717, 1.165) is 41.4 Å². The maximum absolute atomic E-state index is 6.92. The lowest BCUT2D eigenvalue weighted by Crippen LogP contribution is -2.42. The number of nitrogen functional groups attached to an aromatic ring is 1. The van der Waals surface area contributed by atoms with E-state index in [1.165, 1.54) is 26.7 Å². The first-order valence-electron chi connectivity index (χ1n) is 7.18. The lowest BCUT2D eigenvalue weighted by molar-refractivity contribution is 0.472. The van der Waals surface area contributed by atoms with Gasteiger partial charge in [-0.25, -0.2) is 0 Å². The fourth-order valence-electron chi connectivity index (χ4n) is 3.80. The number of hydrogen-bond donors (Lipinski definition) is 2. The van der Waals surface area contributed by atoms with Crippen LogP contribution in [0.2, 0.25) is 0 Å². The van der Waals surface area contributed by atoms with Crippen LogP contribution in [0.4, 0.5) is 5.69 Å². The van der Waals surface area contributed by atoms with Crippen LogP contribution < -0.4 is 11.5 Å². The summed E-state index contributed by atoms with van der Waals surface area (Å²) in [6.07, 6.45) is 3.84. The number of fused-ring (bicyclic) bond motifs is 4. The Balaban J connectivity index is 2.12. The molecule has 2 aromatic rings. The van der Waals surface area contributed by atoms with Gasteiger partial charge in [0.05, 0.1) is 5.54 Å². The van der Waals surface area contributed by atoms with Gasteiger partial charge in [0.15, 0.2) is 0 Å². The first kappa shape index (κ1) is 13.8. The second-order valence-corrected chi connectivity index (χ2v) is 7.83. The van der Waals surface area contributed by atoms with Crippen molar-refractivity contribution in [2.24, 2.45) is 5.73 Å². The molecule has 2 aromatic carbocycles. The fraction of sp³-hybridized carbons (Fsp3) is 0.294. The normalized spacial score (nSPS) is 22.6. The van der Waals surface area contributed by atoms with Crippen LogP contribution in [-0.4, -0.2) is 0 Å². The molecule has 21 heavy (non-hydrogen) atoms. The molecule has 0 heterocycles. The van der Waals surface area contributed by atoms with E-state index in [1.54, 1.807) is 0 Å². The zero-order chi connectivity index (χ0) is 14.8. The molecule has 3 aliphatic carbocycles. The summed E-state index contributed by atoms with van der Waals surface area (Å²) >= 11 is 7.45. The van der Waals surface area contributed by atoms with E-state index in [1.807, 2.05) is 0 Å². The van der Waals surface area contributed by atoms with Gasteiger partial charge in [-0.1, -0.05) is 37.9 Å². The van der Waals surface area contributed by atoms with Crippen LogP contribution in [0.5, 0.6) is 0 Å². The van der Waals surface area contributed by atoms with E-state index < -0.39 is 5.54 Å². The van der Waals surface area contributed by atoms with Gasteiger partial charge in [-0.2, -0.15) is 0 Å². The maximum Gasteiger partial charge on any atom is 0.0703 e. The molecule has 1 atom stereocenters. The highest BCUT2D eigenvalue weighted by molar-refractivity contribution is 9.10. The first-order chi connectivity index (χ1) is 9.99. The van der Waals surface area contributed by atoms with Crippen molar-refractivity contribution >= 4 is 37.5 Å². The molecule has 0 fully saturated rings. The van der Waals surface area contributed by atoms with Crippen molar-refractivity contribution in [3.63, 3.8) is 0 Å². The average Bonchev–Trinajstić information content (AvgIpc) is 2.49. The van der Waals surface area contributed by atoms with Crippen molar-refractivity contribution in [1.29, 1.82) is 0 Å². The summed E-state index contributed by atoms with van der Waals surface area (Å²) in [6, 6.07) is 8.78. The zero-order valence-corrected chi connectivity index (χ0v) is 14.7. The van der Waals surface area contributed by atoms with E-state index in [9.17, 15) is 0 Å². The van der Waals surface area contributed by atoms with Crippen molar-refractivity contribution in [2.75, 3.05) is 5.73 Å². The van der Waals surface area contributed by atoms with Gasteiger partial charge in [0.2, 0.25) is 0 Å². The van der Waals surface area contributed by atoms with Crippen molar-refractivity contribution in [3.05, 3.63) is 61.0 Å². The third-order valence-electron chi connectivity index (χ3n) is 4.83. The number of nitrogens with two attached hydrogens (primary N) is 2. The highest BCUT2D eigenvalue weighted by Crippen LogP contribution is 2.46. The minimum Gasteiger partial charge on any atom is -0.398 e. The second kappa shape index (κ2) is 4.58. The van der Waals surface area contributed by atoms with E-state index in [0.29, 0.717) is 0 Å². The molecule has 0 aromatic heterocycles. The quantitative estimate of drug-likeness (QED) is 0.647. The summed E-state index contributed by atoms with van der Waals surface area (Å²) in [5.74, 6) is 0. The number of rotatable bonds is 0. The van der Waals surface area contributed by atoms with E-state index in [4.69, 9.17) is 11.5 Å². The molecule has 4 heteroatoms. The summed E-state index contributed by atoms with van der Waals surface area (Å²) in [7, 11) is 0. The Morgan fingerprint density at radius 3 is 2.38 bits per heavy atom. The van der Waals surface area contributed by atoms with E-state index >= 15 is 0 Å². The second-order valence-electron chi connectivity index (χ2n) is 6.12. The molecule has 0 saturated carbocycles. The average molecular weight is 408 g/mol. The van der Waals surface area contributed by atoms with Gasteiger partial charge in [0, 0.05) is 20.2 Å². The standard InChI is InChI=1S/C17H16Br2N2/c18-13-6-10-3-4-17(21)12(5-10)11(13)2-1-9-7-14(19)16(17)15(20)8-9/h5-8H,1-4,20-21H2.